The van der Waals surface area contributed by atoms with Gasteiger partial charge in [-0.2, -0.15) is 0 Å². The smallest absolute Gasteiger partial charge is 0.275 e. The van der Waals surface area contributed by atoms with Crippen LogP contribution in [0.4, 0.5) is 0 Å². The number of nitrogens with zero attached hydrogens (tertiary/aromatic N) is 3. The number of hydrogen-bond acceptors (Lipinski definition) is 9. The summed E-state index contributed by atoms with van der Waals surface area (Å²) in [5.74, 6) is 0.725. The first-order valence-corrected chi connectivity index (χ1v) is 14.6. The third kappa shape index (κ3) is 6.90. The molecule has 0 bridgehead atoms. The van der Waals surface area contributed by atoms with Crippen LogP contribution in [0.3, 0.4) is 0 Å². The summed E-state index contributed by atoms with van der Waals surface area (Å²) in [4.78, 5) is 32.3. The molecular formula is C29H37Cl2N7O3. The number of halogens is 2. The number of amides is 1. The van der Waals surface area contributed by atoms with Crippen LogP contribution in [0.15, 0.2) is 52.6 Å². The van der Waals surface area contributed by atoms with E-state index in [1.54, 1.807) is 37.4 Å². The van der Waals surface area contributed by atoms with Crippen molar-refractivity contribution in [3.63, 3.8) is 0 Å². The van der Waals surface area contributed by atoms with Crippen LogP contribution in [0.5, 0.6) is 0 Å². The van der Waals surface area contributed by atoms with E-state index < -0.39 is 5.66 Å². The molecule has 2 aromatic rings. The Kier molecular flexibility index (Phi) is 10.7. The van der Waals surface area contributed by atoms with Gasteiger partial charge in [0.15, 0.2) is 11.5 Å². The predicted molar refractivity (Wildman–Crippen MR) is 162 cm³/mol. The molecule has 1 aliphatic carbocycles. The second kappa shape index (κ2) is 14.2. The topological polar surface area (TPSA) is 119 Å². The minimum atomic E-state index is -0.794. The quantitative estimate of drug-likeness (QED) is 0.315. The molecule has 0 aromatic heterocycles. The molecule has 3 aliphatic rings. The highest BCUT2D eigenvalue weighted by Crippen LogP contribution is 2.46. The van der Waals surface area contributed by atoms with Crippen LogP contribution < -0.4 is 21.8 Å². The average molecular weight is 603 g/mol. The van der Waals surface area contributed by atoms with Gasteiger partial charge < -0.3 is 15.0 Å². The highest BCUT2D eigenvalue weighted by Gasteiger charge is 2.55. The van der Waals surface area contributed by atoms with Crippen molar-refractivity contribution in [1.82, 2.24) is 26.7 Å². The molecule has 0 saturated heterocycles. The van der Waals surface area contributed by atoms with Crippen molar-refractivity contribution in [2.24, 2.45) is 10.1 Å². The summed E-state index contributed by atoms with van der Waals surface area (Å²) < 4.78 is 5.94. The molecule has 0 radical (unpaired) electrons. The molecule has 2 unspecified atom stereocenters. The zero-order valence-electron chi connectivity index (χ0n) is 23.5. The average Bonchev–Trinajstić information content (AvgIpc) is 3.58. The number of benzene rings is 2. The molecule has 41 heavy (non-hydrogen) atoms. The monoisotopic (exact) mass is 601 g/mol. The number of hydrazine groups is 2. The molecule has 10 nitrogen and oxygen atoms in total. The number of aldehydes is 1. The molecule has 2 aliphatic heterocycles. The number of likely N-dealkylation sites (N-methyl/N-ethyl adjacent to an activating group) is 1. The number of hydrogen-bond donors (Lipinski definition) is 4. The van der Waals surface area contributed by atoms with E-state index >= 15 is 0 Å². The Morgan fingerprint density at radius 1 is 1.20 bits per heavy atom. The summed E-state index contributed by atoms with van der Waals surface area (Å²) in [5, 5.41) is 7.66. The second-order valence-electron chi connectivity index (χ2n) is 10.2. The lowest BCUT2D eigenvalue weighted by Gasteiger charge is -2.47. The zero-order chi connectivity index (χ0) is 29.4. The normalized spacial score (nSPS) is 22.3. The number of ether oxygens (including phenoxy) is 1. The number of aliphatic imine (C=N–C) groups is 1. The molecule has 1 fully saturated rings. The van der Waals surface area contributed by atoms with E-state index in [1.807, 2.05) is 24.1 Å². The van der Waals surface area contributed by atoms with Gasteiger partial charge in [-0.3, -0.25) is 15.0 Å². The van der Waals surface area contributed by atoms with Gasteiger partial charge in [-0.15, -0.1) is 10.6 Å². The third-order valence-electron chi connectivity index (χ3n) is 7.47. The summed E-state index contributed by atoms with van der Waals surface area (Å²) in [5.41, 5.74) is 9.72. The van der Waals surface area contributed by atoms with Crippen molar-refractivity contribution in [1.29, 1.82) is 0 Å². The number of carbonyl (C=O) groups excluding carboxylic acids is 2. The number of carbonyl (C=O) groups is 2. The van der Waals surface area contributed by atoms with Crippen molar-refractivity contribution in [2.75, 3.05) is 20.7 Å². The molecule has 3 atom stereocenters. The molecule has 1 amide bonds. The van der Waals surface area contributed by atoms with Gasteiger partial charge >= 0.3 is 0 Å². The molecule has 5 rings (SSSR count). The maximum atomic E-state index is 14.1. The van der Waals surface area contributed by atoms with E-state index in [2.05, 4.69) is 33.8 Å². The first-order valence-electron chi connectivity index (χ1n) is 13.8. The largest absolute Gasteiger partial charge is 0.377 e. The molecule has 220 valence electrons. The molecule has 2 aromatic carbocycles. The highest BCUT2D eigenvalue weighted by molar-refractivity contribution is 6.48. The van der Waals surface area contributed by atoms with Gasteiger partial charge in [-0.05, 0) is 56.5 Å². The van der Waals surface area contributed by atoms with Crippen molar-refractivity contribution in [2.45, 2.75) is 63.3 Å². The minimum absolute atomic E-state index is 0.143. The molecule has 1 spiro atoms. The zero-order valence-corrected chi connectivity index (χ0v) is 25.1. The standard InChI is InChI=1S/C26H28Cl2N2O3.C3H9N5/c1-3-6-22(18-10-8-17(16-31)9-11-18)30-25(32)24(19-13-20(27)15-21(28)14-19)29-26(30)12-5-4-7-23(26)33-2;1-4-2-3-5-7-8-6-3/h8-11,13-16,22-23H,3-7,12H2,1-2H3;4,7-8H,2H2,1H3,(H,5,6)/t22-,23?,26?;/m1./s1. The fraction of sp³-hybridized carbons (Fsp3) is 0.448. The van der Waals surface area contributed by atoms with Crippen molar-refractivity contribution >= 4 is 46.9 Å². The van der Waals surface area contributed by atoms with Crippen molar-refractivity contribution in [3.8, 4) is 0 Å². The van der Waals surface area contributed by atoms with Crippen LogP contribution >= 0.6 is 23.2 Å². The molecule has 12 heteroatoms. The van der Waals surface area contributed by atoms with Crippen LogP contribution in [0, 0.1) is 0 Å². The molecule has 4 N–H and O–H groups in total. The van der Waals surface area contributed by atoms with Crippen LogP contribution in [0.1, 0.15) is 73.0 Å². The van der Waals surface area contributed by atoms with E-state index in [-0.39, 0.29) is 18.1 Å². The Morgan fingerprint density at radius 3 is 2.51 bits per heavy atom. The maximum Gasteiger partial charge on any atom is 0.275 e. The third-order valence-corrected chi connectivity index (χ3v) is 7.91. The first-order chi connectivity index (χ1) is 19.9. The van der Waals surface area contributed by atoms with Crippen LogP contribution in [0.2, 0.25) is 10.0 Å². The van der Waals surface area contributed by atoms with Crippen LogP contribution in [-0.4, -0.2) is 61.1 Å². The van der Waals surface area contributed by atoms with Gasteiger partial charge in [0.25, 0.3) is 5.91 Å². The van der Waals surface area contributed by atoms with Crippen molar-refractivity contribution < 1.29 is 14.3 Å². The molecule has 1 saturated carbocycles. The SMILES string of the molecule is CCC[C@H](c1ccc(C=O)cc1)N1C(=O)C(c2cc(Cl)cc(Cl)c2)=NC12CCCCC2OC.CNCC1=NNNN1. The summed E-state index contributed by atoms with van der Waals surface area (Å²) in [7, 11) is 3.56. The van der Waals surface area contributed by atoms with Crippen LogP contribution in [-0.2, 0) is 9.53 Å². The summed E-state index contributed by atoms with van der Waals surface area (Å²) in [6, 6.07) is 12.4. The summed E-state index contributed by atoms with van der Waals surface area (Å²) in [6.45, 7) is 2.85. The Hall–Kier alpha value is -3.02. The fourth-order valence-electron chi connectivity index (χ4n) is 5.68. The van der Waals surface area contributed by atoms with Gasteiger partial charge in [0.1, 0.15) is 18.1 Å². The highest BCUT2D eigenvalue weighted by atomic mass is 35.5. The lowest BCUT2D eigenvalue weighted by Crippen LogP contribution is -2.57. The first kappa shape index (κ1) is 30.9. The van der Waals surface area contributed by atoms with E-state index in [0.717, 1.165) is 62.8 Å². The number of amidine groups is 1. The fourth-order valence-corrected chi connectivity index (χ4v) is 6.21. The lowest BCUT2D eigenvalue weighted by molar-refractivity contribution is -0.143. The van der Waals surface area contributed by atoms with Crippen molar-refractivity contribution in [3.05, 3.63) is 69.2 Å². The van der Waals surface area contributed by atoms with Gasteiger partial charge in [0.2, 0.25) is 0 Å². The Bertz CT molecular complexity index is 1270. The summed E-state index contributed by atoms with van der Waals surface area (Å²) in [6.07, 6.45) is 5.81. The van der Waals surface area contributed by atoms with E-state index in [0.29, 0.717) is 26.9 Å². The minimum Gasteiger partial charge on any atom is -0.377 e. The van der Waals surface area contributed by atoms with Gasteiger partial charge in [-0.25, -0.2) is 10.5 Å². The summed E-state index contributed by atoms with van der Waals surface area (Å²) >= 11 is 12.5. The Balaban J connectivity index is 0.000000417. The number of nitrogens with one attached hydrogen (secondary N) is 4. The van der Waals surface area contributed by atoms with Gasteiger partial charge in [0.05, 0.1) is 12.6 Å². The number of hydrazone groups is 1. The van der Waals surface area contributed by atoms with Crippen LogP contribution in [0.25, 0.3) is 0 Å². The van der Waals surface area contributed by atoms with E-state index in [1.165, 1.54) is 0 Å². The van der Waals surface area contributed by atoms with E-state index in [4.69, 9.17) is 32.9 Å². The van der Waals surface area contributed by atoms with Gasteiger partial charge in [0, 0.05) is 28.3 Å². The Labute approximate surface area is 250 Å². The second-order valence-corrected chi connectivity index (χ2v) is 11.1. The van der Waals surface area contributed by atoms with Gasteiger partial charge in [-0.1, -0.05) is 67.2 Å². The molecule has 2 heterocycles. The maximum absolute atomic E-state index is 14.1. The predicted octanol–water partition coefficient (Wildman–Crippen LogP) is 4.40. The number of rotatable bonds is 9. The Morgan fingerprint density at radius 2 is 1.93 bits per heavy atom. The number of methoxy groups -OCH3 is 1. The van der Waals surface area contributed by atoms with E-state index in [9.17, 15) is 9.59 Å². The molecular weight excluding hydrogens is 565 g/mol. The lowest BCUT2D eigenvalue weighted by atomic mass is 9.83.